The third-order valence-corrected chi connectivity index (χ3v) is 3.91. The number of nitrogens with zero attached hydrogens (tertiary/aromatic N) is 1. The van der Waals surface area contributed by atoms with Crippen molar-refractivity contribution in [3.63, 3.8) is 0 Å². The predicted molar refractivity (Wildman–Crippen MR) is 77.8 cm³/mol. The zero-order valence-corrected chi connectivity index (χ0v) is 12.2. The molecule has 0 radical (unpaired) electrons. The Balaban J connectivity index is 2.21. The monoisotopic (exact) mass is 256 g/mol. The van der Waals surface area contributed by atoms with Crippen LogP contribution in [0.4, 0.5) is 0 Å². The van der Waals surface area contributed by atoms with Crippen LogP contribution in [-0.2, 0) is 4.74 Å². The molecular formula is C15H32N2O. The molecule has 2 N–H and O–H groups in total. The zero-order valence-electron chi connectivity index (χ0n) is 12.2. The van der Waals surface area contributed by atoms with Crippen LogP contribution >= 0.6 is 0 Å². The number of unbranched alkanes of at least 4 members (excludes halogenated alkanes) is 1. The lowest BCUT2D eigenvalue weighted by Crippen LogP contribution is -2.40. The van der Waals surface area contributed by atoms with Gasteiger partial charge in [0.1, 0.15) is 0 Å². The summed E-state index contributed by atoms with van der Waals surface area (Å²) in [7, 11) is 0. The fourth-order valence-electron chi connectivity index (χ4n) is 2.75. The molecule has 1 fully saturated rings. The normalized spacial score (nSPS) is 17.5. The first kappa shape index (κ1) is 15.9. The first-order valence-corrected chi connectivity index (χ1v) is 7.90. The quantitative estimate of drug-likeness (QED) is 0.611. The van der Waals surface area contributed by atoms with E-state index in [1.54, 1.807) is 0 Å². The largest absolute Gasteiger partial charge is 0.380 e. The van der Waals surface area contributed by atoms with Gasteiger partial charge in [0.15, 0.2) is 0 Å². The van der Waals surface area contributed by atoms with Crippen molar-refractivity contribution in [2.24, 2.45) is 5.73 Å². The summed E-state index contributed by atoms with van der Waals surface area (Å²) >= 11 is 0. The van der Waals surface area contributed by atoms with Gasteiger partial charge in [-0.2, -0.15) is 0 Å². The molecule has 1 saturated carbocycles. The van der Waals surface area contributed by atoms with E-state index in [4.69, 9.17) is 10.5 Å². The molecule has 1 aliphatic carbocycles. The number of nitrogens with two attached hydrogens (primary N) is 1. The van der Waals surface area contributed by atoms with Crippen molar-refractivity contribution in [3.05, 3.63) is 0 Å². The molecular weight excluding hydrogens is 224 g/mol. The molecule has 3 nitrogen and oxygen atoms in total. The molecule has 108 valence electrons. The molecule has 0 heterocycles. The third kappa shape index (κ3) is 6.72. The fourth-order valence-corrected chi connectivity index (χ4v) is 2.75. The molecule has 0 aromatic heterocycles. The zero-order chi connectivity index (χ0) is 13.1. The predicted octanol–water partition coefficient (Wildman–Crippen LogP) is 2.79. The van der Waals surface area contributed by atoms with Crippen molar-refractivity contribution in [3.8, 4) is 0 Å². The molecule has 0 unspecified atom stereocenters. The highest BCUT2D eigenvalue weighted by molar-refractivity contribution is 4.75. The second-order valence-electron chi connectivity index (χ2n) is 5.44. The maximum atomic E-state index is 5.70. The Hall–Kier alpha value is -0.120. The SMILES string of the molecule is CCCCOCCN(CCCN)C1CCCCC1. The maximum Gasteiger partial charge on any atom is 0.0593 e. The molecule has 0 spiro atoms. The molecule has 0 amide bonds. The third-order valence-electron chi connectivity index (χ3n) is 3.91. The van der Waals surface area contributed by atoms with Gasteiger partial charge < -0.3 is 10.5 Å². The van der Waals surface area contributed by atoms with E-state index in [1.807, 2.05) is 0 Å². The summed E-state index contributed by atoms with van der Waals surface area (Å²) in [4.78, 5) is 2.62. The van der Waals surface area contributed by atoms with Crippen molar-refractivity contribution in [1.29, 1.82) is 0 Å². The first-order valence-electron chi connectivity index (χ1n) is 7.90. The summed E-state index contributed by atoms with van der Waals surface area (Å²) in [5.74, 6) is 0. The van der Waals surface area contributed by atoms with Crippen molar-refractivity contribution < 1.29 is 4.74 Å². The molecule has 1 aliphatic rings. The second-order valence-corrected chi connectivity index (χ2v) is 5.44. The van der Waals surface area contributed by atoms with Crippen LogP contribution in [0.5, 0.6) is 0 Å². The number of rotatable bonds is 10. The van der Waals surface area contributed by atoms with Gasteiger partial charge in [0.2, 0.25) is 0 Å². The maximum absolute atomic E-state index is 5.70. The van der Waals surface area contributed by atoms with Crippen LogP contribution in [0.25, 0.3) is 0 Å². The molecule has 0 aliphatic heterocycles. The van der Waals surface area contributed by atoms with Crippen LogP contribution < -0.4 is 5.73 Å². The van der Waals surface area contributed by atoms with Gasteiger partial charge in [0, 0.05) is 19.2 Å². The molecule has 3 heteroatoms. The standard InChI is InChI=1S/C15H32N2O/c1-2-3-13-18-14-12-17(11-7-10-16)15-8-5-4-6-9-15/h15H,2-14,16H2,1H3. The first-order chi connectivity index (χ1) is 8.88. The fraction of sp³-hybridized carbons (Fsp3) is 1.00. The highest BCUT2D eigenvalue weighted by Crippen LogP contribution is 2.22. The minimum Gasteiger partial charge on any atom is -0.380 e. The molecule has 18 heavy (non-hydrogen) atoms. The molecule has 0 atom stereocenters. The van der Waals surface area contributed by atoms with Gasteiger partial charge in [-0.25, -0.2) is 0 Å². The van der Waals surface area contributed by atoms with E-state index in [0.717, 1.165) is 45.3 Å². The van der Waals surface area contributed by atoms with Gasteiger partial charge in [-0.1, -0.05) is 32.6 Å². The van der Waals surface area contributed by atoms with Crippen LogP contribution in [0, 0.1) is 0 Å². The van der Waals surface area contributed by atoms with E-state index in [0.29, 0.717) is 0 Å². The Labute approximate surface area is 113 Å². The Morgan fingerprint density at radius 2 is 1.83 bits per heavy atom. The van der Waals surface area contributed by atoms with E-state index in [-0.39, 0.29) is 0 Å². The lowest BCUT2D eigenvalue weighted by Gasteiger charge is -2.34. The van der Waals surface area contributed by atoms with Gasteiger partial charge in [-0.05, 0) is 38.8 Å². The smallest absolute Gasteiger partial charge is 0.0593 e. The van der Waals surface area contributed by atoms with Crippen LogP contribution in [0.2, 0.25) is 0 Å². The lowest BCUT2D eigenvalue weighted by molar-refractivity contribution is 0.0745. The highest BCUT2D eigenvalue weighted by Gasteiger charge is 2.20. The highest BCUT2D eigenvalue weighted by atomic mass is 16.5. The van der Waals surface area contributed by atoms with Crippen molar-refractivity contribution in [2.45, 2.75) is 64.3 Å². The summed E-state index contributed by atoms with van der Waals surface area (Å²) in [6.45, 7) is 7.07. The minimum atomic E-state index is 0.792. The van der Waals surface area contributed by atoms with Crippen LogP contribution in [-0.4, -0.2) is 43.8 Å². The summed E-state index contributed by atoms with van der Waals surface area (Å²) in [6, 6.07) is 0.792. The Kier molecular flexibility index (Phi) is 9.54. The van der Waals surface area contributed by atoms with Gasteiger partial charge in [-0.15, -0.1) is 0 Å². The van der Waals surface area contributed by atoms with Crippen molar-refractivity contribution in [2.75, 3.05) is 32.8 Å². The van der Waals surface area contributed by atoms with E-state index >= 15 is 0 Å². The molecule has 1 rings (SSSR count). The molecule has 0 saturated heterocycles. The minimum absolute atomic E-state index is 0.792. The van der Waals surface area contributed by atoms with E-state index in [2.05, 4.69) is 11.8 Å². The average Bonchev–Trinajstić information content (AvgIpc) is 2.43. The topological polar surface area (TPSA) is 38.5 Å². The summed E-state index contributed by atoms with van der Waals surface area (Å²) in [6.07, 6.45) is 10.5. The van der Waals surface area contributed by atoms with Gasteiger partial charge in [0.05, 0.1) is 6.61 Å². The second kappa shape index (κ2) is 10.8. The number of ether oxygens (including phenoxy) is 1. The Bertz CT molecular complexity index is 181. The number of hydrogen-bond donors (Lipinski definition) is 1. The molecule has 0 aromatic rings. The Morgan fingerprint density at radius 1 is 1.06 bits per heavy atom. The van der Waals surface area contributed by atoms with Crippen LogP contribution in [0.1, 0.15) is 58.3 Å². The summed E-state index contributed by atoms with van der Waals surface area (Å²) < 4.78 is 5.70. The molecule has 0 aromatic carbocycles. The summed E-state index contributed by atoms with van der Waals surface area (Å²) in [5.41, 5.74) is 5.64. The summed E-state index contributed by atoms with van der Waals surface area (Å²) in [5, 5.41) is 0. The van der Waals surface area contributed by atoms with Crippen molar-refractivity contribution in [1.82, 2.24) is 4.90 Å². The Morgan fingerprint density at radius 3 is 2.50 bits per heavy atom. The van der Waals surface area contributed by atoms with Gasteiger partial charge in [-0.3, -0.25) is 4.90 Å². The van der Waals surface area contributed by atoms with Crippen LogP contribution in [0.3, 0.4) is 0 Å². The van der Waals surface area contributed by atoms with E-state index < -0.39 is 0 Å². The number of hydrogen-bond acceptors (Lipinski definition) is 3. The average molecular weight is 256 g/mol. The molecule has 0 bridgehead atoms. The van der Waals surface area contributed by atoms with Crippen LogP contribution in [0.15, 0.2) is 0 Å². The van der Waals surface area contributed by atoms with Gasteiger partial charge in [0.25, 0.3) is 0 Å². The van der Waals surface area contributed by atoms with Crippen molar-refractivity contribution >= 4 is 0 Å². The van der Waals surface area contributed by atoms with Gasteiger partial charge >= 0.3 is 0 Å². The lowest BCUT2D eigenvalue weighted by atomic mass is 9.94. The van der Waals surface area contributed by atoms with E-state index in [9.17, 15) is 0 Å². The van der Waals surface area contributed by atoms with E-state index in [1.165, 1.54) is 44.9 Å².